The number of nitrogens with one attached hydrogen (secondary N) is 1. The molecule has 0 spiro atoms. The van der Waals surface area contributed by atoms with E-state index in [1.807, 2.05) is 0 Å². The summed E-state index contributed by atoms with van der Waals surface area (Å²) in [5.74, 6) is 2.10. The van der Waals surface area contributed by atoms with Crippen molar-refractivity contribution in [2.75, 3.05) is 6.54 Å². The minimum absolute atomic E-state index is 0.599. The number of rotatable bonds is 4. The van der Waals surface area contributed by atoms with E-state index in [2.05, 4.69) is 33.9 Å². The third-order valence-electron chi connectivity index (χ3n) is 2.98. The van der Waals surface area contributed by atoms with Gasteiger partial charge in [-0.05, 0) is 19.4 Å². The van der Waals surface area contributed by atoms with Gasteiger partial charge in [-0.2, -0.15) is 5.10 Å². The highest BCUT2D eigenvalue weighted by atomic mass is 15.4. The molecular weight excluding hydrogens is 188 g/mol. The molecule has 1 atom stereocenters. The van der Waals surface area contributed by atoms with Crippen LogP contribution in [0.4, 0.5) is 0 Å². The first kappa shape index (κ1) is 10.6. The molecule has 2 rings (SSSR count). The minimum Gasteiger partial charge on any atom is -0.312 e. The molecule has 84 valence electrons. The Morgan fingerprint density at radius 3 is 2.87 bits per heavy atom. The summed E-state index contributed by atoms with van der Waals surface area (Å²) in [5, 5.41) is 8.02. The van der Waals surface area contributed by atoms with Crippen molar-refractivity contribution in [3.63, 3.8) is 0 Å². The summed E-state index contributed by atoms with van der Waals surface area (Å²) in [6.07, 6.45) is 4.46. The van der Waals surface area contributed by atoms with Crippen LogP contribution in [-0.4, -0.2) is 27.4 Å². The van der Waals surface area contributed by atoms with Gasteiger partial charge in [-0.15, -0.1) is 0 Å². The quantitative estimate of drug-likeness (QED) is 0.807. The van der Waals surface area contributed by atoms with Gasteiger partial charge < -0.3 is 5.32 Å². The molecule has 1 aromatic heterocycles. The van der Waals surface area contributed by atoms with E-state index in [0.29, 0.717) is 6.04 Å². The van der Waals surface area contributed by atoms with E-state index in [4.69, 9.17) is 0 Å². The zero-order valence-corrected chi connectivity index (χ0v) is 9.66. The number of nitrogens with zero attached hydrogens (tertiary/aromatic N) is 3. The molecular formula is C11H20N4. The molecule has 1 N–H and O–H groups in total. The summed E-state index contributed by atoms with van der Waals surface area (Å²) in [7, 11) is 0. The predicted octanol–water partition coefficient (Wildman–Crippen LogP) is 1.15. The Morgan fingerprint density at radius 2 is 2.27 bits per heavy atom. The monoisotopic (exact) mass is 208 g/mol. The second-order valence-corrected chi connectivity index (χ2v) is 4.13. The van der Waals surface area contributed by atoms with E-state index in [1.165, 1.54) is 12.8 Å². The summed E-state index contributed by atoms with van der Waals surface area (Å²) in [6, 6.07) is 0.599. The van der Waals surface area contributed by atoms with Crippen molar-refractivity contribution in [1.82, 2.24) is 20.1 Å². The number of hydrogen-bond acceptors (Lipinski definition) is 3. The van der Waals surface area contributed by atoms with Gasteiger partial charge in [0.15, 0.2) is 5.82 Å². The van der Waals surface area contributed by atoms with E-state index in [9.17, 15) is 0 Å². The molecule has 0 aromatic carbocycles. The van der Waals surface area contributed by atoms with Gasteiger partial charge in [0, 0.05) is 18.9 Å². The molecule has 0 radical (unpaired) electrons. The SMILES string of the molecule is CCc1nc(CC)n(C[C@@H]2CCCN2)n1. The van der Waals surface area contributed by atoms with Crippen LogP contribution in [-0.2, 0) is 19.4 Å². The molecule has 0 saturated carbocycles. The summed E-state index contributed by atoms with van der Waals surface area (Å²) in [4.78, 5) is 4.51. The van der Waals surface area contributed by atoms with Crippen LogP contribution >= 0.6 is 0 Å². The second-order valence-electron chi connectivity index (χ2n) is 4.13. The van der Waals surface area contributed by atoms with Crippen molar-refractivity contribution >= 4 is 0 Å². The van der Waals surface area contributed by atoms with Crippen molar-refractivity contribution in [2.24, 2.45) is 0 Å². The first-order valence-corrected chi connectivity index (χ1v) is 5.99. The molecule has 1 saturated heterocycles. The lowest BCUT2D eigenvalue weighted by molar-refractivity contribution is 0.461. The summed E-state index contributed by atoms with van der Waals surface area (Å²) in [5.41, 5.74) is 0. The lowest BCUT2D eigenvalue weighted by Crippen LogP contribution is -2.28. The van der Waals surface area contributed by atoms with Crippen LogP contribution < -0.4 is 5.32 Å². The Labute approximate surface area is 91.1 Å². The van der Waals surface area contributed by atoms with Gasteiger partial charge in [-0.3, -0.25) is 0 Å². The molecule has 0 unspecified atom stereocenters. The van der Waals surface area contributed by atoms with Crippen LogP contribution in [0.25, 0.3) is 0 Å². The maximum atomic E-state index is 4.53. The smallest absolute Gasteiger partial charge is 0.150 e. The van der Waals surface area contributed by atoms with E-state index in [1.54, 1.807) is 0 Å². The second kappa shape index (κ2) is 4.75. The standard InChI is InChI=1S/C11H20N4/c1-3-10-13-11(4-2)15(14-10)8-9-6-5-7-12-9/h9,12H,3-8H2,1-2H3/t9-/m0/s1. The van der Waals surface area contributed by atoms with Crippen LogP contribution in [0, 0.1) is 0 Å². The molecule has 4 nitrogen and oxygen atoms in total. The van der Waals surface area contributed by atoms with Gasteiger partial charge in [0.25, 0.3) is 0 Å². The molecule has 0 aliphatic carbocycles. The van der Waals surface area contributed by atoms with E-state index in [-0.39, 0.29) is 0 Å². The highest BCUT2D eigenvalue weighted by Gasteiger charge is 2.17. The van der Waals surface area contributed by atoms with Gasteiger partial charge in [0.2, 0.25) is 0 Å². The Hall–Kier alpha value is -0.900. The van der Waals surface area contributed by atoms with E-state index in [0.717, 1.165) is 37.6 Å². The molecule has 1 aromatic rings. The largest absolute Gasteiger partial charge is 0.312 e. The molecule has 0 amide bonds. The van der Waals surface area contributed by atoms with Crippen LogP contribution in [0.1, 0.15) is 38.3 Å². The Kier molecular flexibility index (Phi) is 3.36. The third kappa shape index (κ3) is 2.37. The van der Waals surface area contributed by atoms with Crippen LogP contribution in [0.3, 0.4) is 0 Å². The minimum atomic E-state index is 0.599. The molecule has 1 fully saturated rings. The van der Waals surface area contributed by atoms with Crippen molar-refractivity contribution < 1.29 is 0 Å². The topological polar surface area (TPSA) is 42.7 Å². The van der Waals surface area contributed by atoms with Gasteiger partial charge in [-0.25, -0.2) is 9.67 Å². The third-order valence-corrected chi connectivity index (χ3v) is 2.98. The van der Waals surface area contributed by atoms with Crippen LogP contribution in [0.15, 0.2) is 0 Å². The lowest BCUT2D eigenvalue weighted by Gasteiger charge is -2.11. The fourth-order valence-corrected chi connectivity index (χ4v) is 2.10. The van der Waals surface area contributed by atoms with E-state index >= 15 is 0 Å². The Morgan fingerprint density at radius 1 is 1.40 bits per heavy atom. The highest BCUT2D eigenvalue weighted by Crippen LogP contribution is 2.09. The van der Waals surface area contributed by atoms with E-state index < -0.39 is 0 Å². The molecule has 1 aliphatic heterocycles. The van der Waals surface area contributed by atoms with Crippen LogP contribution in [0.5, 0.6) is 0 Å². The number of aromatic nitrogens is 3. The Bertz CT molecular complexity index is 312. The molecule has 1 aliphatic rings. The van der Waals surface area contributed by atoms with Gasteiger partial charge in [0.1, 0.15) is 5.82 Å². The average Bonchev–Trinajstić information content (AvgIpc) is 2.87. The predicted molar refractivity (Wildman–Crippen MR) is 59.8 cm³/mol. The number of aryl methyl sites for hydroxylation is 2. The first-order valence-electron chi connectivity index (χ1n) is 5.99. The van der Waals surface area contributed by atoms with Crippen molar-refractivity contribution in [2.45, 2.75) is 52.1 Å². The van der Waals surface area contributed by atoms with Crippen LogP contribution in [0.2, 0.25) is 0 Å². The lowest BCUT2D eigenvalue weighted by atomic mass is 10.2. The van der Waals surface area contributed by atoms with Gasteiger partial charge in [0.05, 0.1) is 6.54 Å². The zero-order chi connectivity index (χ0) is 10.7. The maximum absolute atomic E-state index is 4.53. The molecule has 4 heteroatoms. The Balaban J connectivity index is 2.07. The van der Waals surface area contributed by atoms with Crippen molar-refractivity contribution in [3.8, 4) is 0 Å². The van der Waals surface area contributed by atoms with Crippen molar-refractivity contribution in [1.29, 1.82) is 0 Å². The summed E-state index contributed by atoms with van der Waals surface area (Å²) < 4.78 is 2.09. The van der Waals surface area contributed by atoms with Crippen molar-refractivity contribution in [3.05, 3.63) is 11.6 Å². The van der Waals surface area contributed by atoms with Gasteiger partial charge >= 0.3 is 0 Å². The fourth-order valence-electron chi connectivity index (χ4n) is 2.10. The summed E-state index contributed by atoms with van der Waals surface area (Å²) in [6.45, 7) is 6.38. The zero-order valence-electron chi connectivity index (χ0n) is 9.66. The summed E-state index contributed by atoms with van der Waals surface area (Å²) >= 11 is 0. The van der Waals surface area contributed by atoms with Gasteiger partial charge in [-0.1, -0.05) is 13.8 Å². The molecule has 2 heterocycles. The molecule has 15 heavy (non-hydrogen) atoms. The first-order chi connectivity index (χ1) is 7.33. The normalized spacial score (nSPS) is 21.1. The maximum Gasteiger partial charge on any atom is 0.150 e. The average molecular weight is 208 g/mol. The number of hydrogen-bond donors (Lipinski definition) is 1. The molecule has 0 bridgehead atoms. The highest BCUT2D eigenvalue weighted by molar-refractivity contribution is 4.93. The fraction of sp³-hybridized carbons (Fsp3) is 0.818.